The summed E-state index contributed by atoms with van der Waals surface area (Å²) in [6.07, 6.45) is 1.68. The van der Waals surface area contributed by atoms with Crippen LogP contribution in [0.25, 0.3) is 10.9 Å². The molecule has 3 rings (SSSR count). The highest BCUT2D eigenvalue weighted by Crippen LogP contribution is 2.29. The fourth-order valence-electron chi connectivity index (χ4n) is 2.87. The lowest BCUT2D eigenvalue weighted by atomic mass is 9.95. The first kappa shape index (κ1) is 13.0. The van der Waals surface area contributed by atoms with E-state index in [2.05, 4.69) is 4.98 Å². The molecule has 106 valence electrons. The molecule has 2 heterocycles. The normalized spacial score (nSPS) is 19.3. The molecule has 1 fully saturated rings. The Bertz CT molecular complexity index is 638. The van der Waals surface area contributed by atoms with Crippen molar-refractivity contribution >= 4 is 17.0 Å². The van der Waals surface area contributed by atoms with Gasteiger partial charge in [0.05, 0.1) is 7.11 Å². The average molecular weight is 276 g/mol. The second-order valence-electron chi connectivity index (χ2n) is 5.21. The van der Waals surface area contributed by atoms with E-state index in [1.807, 2.05) is 6.07 Å². The number of piperidine rings is 1. The third-order valence-corrected chi connectivity index (χ3v) is 3.90. The van der Waals surface area contributed by atoms with Gasteiger partial charge in [-0.25, -0.2) is 9.18 Å². The topological polar surface area (TPSA) is 45.3 Å². The molecule has 0 saturated carbocycles. The maximum atomic E-state index is 13.2. The summed E-state index contributed by atoms with van der Waals surface area (Å²) in [7, 11) is 1.40. The molecule has 20 heavy (non-hydrogen) atoms. The van der Waals surface area contributed by atoms with Gasteiger partial charge in [0, 0.05) is 35.6 Å². The van der Waals surface area contributed by atoms with Gasteiger partial charge in [-0.1, -0.05) is 0 Å². The fourth-order valence-corrected chi connectivity index (χ4v) is 2.87. The van der Waals surface area contributed by atoms with Crippen molar-refractivity contribution in [3.05, 3.63) is 35.8 Å². The van der Waals surface area contributed by atoms with Crippen LogP contribution < -0.4 is 0 Å². The molecule has 1 amide bonds. The van der Waals surface area contributed by atoms with Gasteiger partial charge in [-0.05, 0) is 37.1 Å². The van der Waals surface area contributed by atoms with E-state index in [-0.39, 0.29) is 17.8 Å². The van der Waals surface area contributed by atoms with Crippen LogP contribution in [0.5, 0.6) is 0 Å². The van der Waals surface area contributed by atoms with Crippen LogP contribution >= 0.6 is 0 Å². The lowest BCUT2D eigenvalue weighted by Gasteiger charge is -2.31. The van der Waals surface area contributed by atoms with Gasteiger partial charge >= 0.3 is 6.09 Å². The Hall–Kier alpha value is -2.04. The molecule has 2 aromatic rings. The smallest absolute Gasteiger partial charge is 0.409 e. The molecule has 1 aromatic heterocycles. The van der Waals surface area contributed by atoms with Gasteiger partial charge < -0.3 is 14.6 Å². The lowest BCUT2D eigenvalue weighted by molar-refractivity contribution is 0.110. The van der Waals surface area contributed by atoms with Gasteiger partial charge in [0.1, 0.15) is 5.82 Å². The summed E-state index contributed by atoms with van der Waals surface area (Å²) in [5, 5.41) is 0.871. The predicted octanol–water partition coefficient (Wildman–Crippen LogP) is 3.25. The van der Waals surface area contributed by atoms with E-state index in [9.17, 15) is 9.18 Å². The van der Waals surface area contributed by atoms with Crippen LogP contribution in [-0.2, 0) is 4.74 Å². The maximum absolute atomic E-state index is 13.2. The van der Waals surface area contributed by atoms with Crippen LogP contribution in [0.2, 0.25) is 0 Å². The third-order valence-electron chi connectivity index (χ3n) is 3.90. The molecule has 1 aromatic carbocycles. The quantitative estimate of drug-likeness (QED) is 0.869. The number of nitrogens with one attached hydrogen (secondary N) is 1. The Labute approximate surface area is 116 Å². The van der Waals surface area contributed by atoms with Gasteiger partial charge in [-0.15, -0.1) is 0 Å². The second-order valence-corrected chi connectivity index (χ2v) is 5.21. The Balaban J connectivity index is 1.84. The highest BCUT2D eigenvalue weighted by Gasteiger charge is 2.26. The highest BCUT2D eigenvalue weighted by atomic mass is 19.1. The van der Waals surface area contributed by atoms with Crippen molar-refractivity contribution in [2.45, 2.75) is 18.8 Å². The van der Waals surface area contributed by atoms with Crippen LogP contribution in [0, 0.1) is 5.82 Å². The summed E-state index contributed by atoms with van der Waals surface area (Å²) in [6, 6.07) is 6.69. The summed E-state index contributed by atoms with van der Waals surface area (Å²) in [5.41, 5.74) is 1.98. The van der Waals surface area contributed by atoms with Crippen LogP contribution in [0.3, 0.4) is 0 Å². The first-order valence-electron chi connectivity index (χ1n) is 6.78. The molecule has 4 nitrogen and oxygen atoms in total. The molecule has 0 radical (unpaired) electrons. The SMILES string of the molecule is COC(=O)N1CCCC(c2cc3cc(F)ccc3[nH]2)C1. The van der Waals surface area contributed by atoms with Gasteiger partial charge in [0.15, 0.2) is 0 Å². The number of fused-ring (bicyclic) bond motifs is 1. The number of rotatable bonds is 1. The molecular weight excluding hydrogens is 259 g/mol. The third kappa shape index (κ3) is 2.35. The predicted molar refractivity (Wildman–Crippen MR) is 74.2 cm³/mol. The molecule has 5 heteroatoms. The van der Waals surface area contributed by atoms with E-state index in [0.29, 0.717) is 6.54 Å². The summed E-state index contributed by atoms with van der Waals surface area (Å²) < 4.78 is 18.0. The Morgan fingerprint density at radius 1 is 1.45 bits per heavy atom. The van der Waals surface area contributed by atoms with Crippen molar-refractivity contribution in [2.75, 3.05) is 20.2 Å². The van der Waals surface area contributed by atoms with E-state index in [4.69, 9.17) is 4.74 Å². The van der Waals surface area contributed by atoms with E-state index in [0.717, 1.165) is 36.0 Å². The van der Waals surface area contributed by atoms with E-state index >= 15 is 0 Å². The molecular formula is C15H17FN2O2. The first-order valence-corrected chi connectivity index (χ1v) is 6.78. The van der Waals surface area contributed by atoms with Gasteiger partial charge in [0.2, 0.25) is 0 Å². The molecule has 0 spiro atoms. The molecule has 1 N–H and O–H groups in total. The minimum atomic E-state index is -0.281. The number of hydrogen-bond donors (Lipinski definition) is 1. The lowest BCUT2D eigenvalue weighted by Crippen LogP contribution is -2.39. The molecule has 1 saturated heterocycles. The summed E-state index contributed by atoms with van der Waals surface area (Å²) in [4.78, 5) is 16.7. The van der Waals surface area contributed by atoms with Gasteiger partial charge in [0.25, 0.3) is 0 Å². The molecule has 1 aliphatic rings. The fraction of sp³-hybridized carbons (Fsp3) is 0.400. The van der Waals surface area contributed by atoms with Crippen molar-refractivity contribution in [3.8, 4) is 0 Å². The van der Waals surface area contributed by atoms with Crippen LogP contribution in [0.1, 0.15) is 24.5 Å². The average Bonchev–Trinajstić information content (AvgIpc) is 2.89. The zero-order valence-corrected chi connectivity index (χ0v) is 11.4. The number of methoxy groups -OCH3 is 1. The molecule has 1 unspecified atom stereocenters. The Morgan fingerprint density at radius 3 is 3.10 bits per heavy atom. The zero-order chi connectivity index (χ0) is 14.1. The number of benzene rings is 1. The molecule has 1 aliphatic heterocycles. The van der Waals surface area contributed by atoms with E-state index in [1.54, 1.807) is 11.0 Å². The number of ether oxygens (including phenoxy) is 1. The standard InChI is InChI=1S/C15H17FN2O2/c1-20-15(19)18-6-2-3-10(9-18)14-8-11-7-12(16)4-5-13(11)17-14/h4-5,7-8,10,17H,2-3,6,9H2,1H3. The van der Waals surface area contributed by atoms with Crippen molar-refractivity contribution in [1.82, 2.24) is 9.88 Å². The molecule has 0 bridgehead atoms. The first-order chi connectivity index (χ1) is 9.67. The number of nitrogens with zero attached hydrogens (tertiary/aromatic N) is 1. The minimum Gasteiger partial charge on any atom is -0.453 e. The Kier molecular flexibility index (Phi) is 3.34. The monoisotopic (exact) mass is 276 g/mol. The van der Waals surface area contributed by atoms with Crippen LogP contribution in [0.15, 0.2) is 24.3 Å². The summed E-state index contributed by atoms with van der Waals surface area (Å²) in [5.74, 6) is 0.0150. The minimum absolute atomic E-state index is 0.233. The van der Waals surface area contributed by atoms with Gasteiger partial charge in [-0.2, -0.15) is 0 Å². The zero-order valence-electron chi connectivity index (χ0n) is 11.4. The molecule has 0 aliphatic carbocycles. The number of halogens is 1. The Morgan fingerprint density at radius 2 is 2.30 bits per heavy atom. The number of carbonyl (C=O) groups is 1. The van der Waals surface area contributed by atoms with E-state index < -0.39 is 0 Å². The van der Waals surface area contributed by atoms with Gasteiger partial charge in [-0.3, -0.25) is 0 Å². The number of H-pyrrole nitrogens is 1. The van der Waals surface area contributed by atoms with Crippen molar-refractivity contribution in [2.24, 2.45) is 0 Å². The number of amides is 1. The van der Waals surface area contributed by atoms with Crippen LogP contribution in [0.4, 0.5) is 9.18 Å². The van der Waals surface area contributed by atoms with Crippen LogP contribution in [-0.4, -0.2) is 36.2 Å². The molecule has 1 atom stereocenters. The number of hydrogen-bond acceptors (Lipinski definition) is 2. The number of carbonyl (C=O) groups excluding carboxylic acids is 1. The highest BCUT2D eigenvalue weighted by molar-refractivity contribution is 5.80. The number of likely N-dealkylation sites (tertiary alicyclic amines) is 1. The summed E-state index contributed by atoms with van der Waals surface area (Å²) >= 11 is 0. The second kappa shape index (κ2) is 5.15. The van der Waals surface area contributed by atoms with Crippen molar-refractivity contribution < 1.29 is 13.9 Å². The maximum Gasteiger partial charge on any atom is 0.409 e. The number of aromatic nitrogens is 1. The van der Waals surface area contributed by atoms with Crippen molar-refractivity contribution in [1.29, 1.82) is 0 Å². The number of aromatic amines is 1. The largest absolute Gasteiger partial charge is 0.453 e. The van der Waals surface area contributed by atoms with Crippen molar-refractivity contribution in [3.63, 3.8) is 0 Å². The van der Waals surface area contributed by atoms with E-state index in [1.165, 1.54) is 19.2 Å². The summed E-state index contributed by atoms with van der Waals surface area (Å²) in [6.45, 7) is 1.38.